The van der Waals surface area contributed by atoms with E-state index in [1.165, 1.54) is 0 Å². The highest BCUT2D eigenvalue weighted by molar-refractivity contribution is 7.93. The van der Waals surface area contributed by atoms with Crippen molar-refractivity contribution in [2.75, 3.05) is 32.1 Å². The van der Waals surface area contributed by atoms with Gasteiger partial charge in [0.25, 0.3) is 0 Å². The molecule has 1 aromatic carbocycles. The minimum Gasteiger partial charge on any atom is -0.381 e. The highest BCUT2D eigenvalue weighted by atomic mass is 35.5. The van der Waals surface area contributed by atoms with E-state index in [-0.39, 0.29) is 5.92 Å². The Morgan fingerprint density at radius 1 is 1.36 bits per heavy atom. The average Bonchev–Trinajstić information content (AvgIpc) is 2.70. The fourth-order valence-electron chi connectivity index (χ4n) is 3.66. The van der Waals surface area contributed by atoms with Crippen LogP contribution in [0.3, 0.4) is 0 Å². The molecular weight excluding hydrogens is 322 g/mol. The first-order valence-electron chi connectivity index (χ1n) is 7.74. The van der Waals surface area contributed by atoms with Crippen LogP contribution >= 0.6 is 11.6 Å². The van der Waals surface area contributed by atoms with Crippen LogP contribution in [0.2, 0.25) is 5.02 Å². The SMILES string of the molecule is CCOC[C@H]1CCS(=O)(=O)C12CN(Cc1ccccc1Cl)C2. The number of hydrogen-bond donors (Lipinski definition) is 0. The van der Waals surface area contributed by atoms with Crippen molar-refractivity contribution >= 4 is 21.4 Å². The quantitative estimate of drug-likeness (QED) is 0.823. The summed E-state index contributed by atoms with van der Waals surface area (Å²) in [4.78, 5) is 2.17. The Balaban J connectivity index is 1.70. The summed E-state index contributed by atoms with van der Waals surface area (Å²) in [5.74, 6) is 0.421. The zero-order valence-electron chi connectivity index (χ0n) is 12.8. The molecule has 0 N–H and O–H groups in total. The van der Waals surface area contributed by atoms with Gasteiger partial charge in [0.15, 0.2) is 9.84 Å². The standard InChI is InChI=1S/C16H22ClNO3S/c1-2-21-10-14-7-8-22(19,20)16(14)11-18(12-16)9-13-5-3-4-6-15(13)17/h3-6,14H,2,7-12H2,1H3/t14-/m1/s1. The summed E-state index contributed by atoms with van der Waals surface area (Å²) in [7, 11) is -3.02. The van der Waals surface area contributed by atoms with Gasteiger partial charge >= 0.3 is 0 Å². The molecule has 2 aliphatic rings. The smallest absolute Gasteiger partial charge is 0.158 e. The van der Waals surface area contributed by atoms with E-state index >= 15 is 0 Å². The molecule has 0 radical (unpaired) electrons. The highest BCUT2D eigenvalue weighted by Crippen LogP contribution is 2.45. The number of likely N-dealkylation sites (tertiary alicyclic amines) is 1. The average molecular weight is 344 g/mol. The molecule has 1 aromatic rings. The minimum absolute atomic E-state index is 0.125. The number of ether oxygens (including phenoxy) is 1. The second-order valence-electron chi connectivity index (χ2n) is 6.27. The van der Waals surface area contributed by atoms with Crippen molar-refractivity contribution in [3.05, 3.63) is 34.9 Å². The van der Waals surface area contributed by atoms with E-state index in [2.05, 4.69) is 4.90 Å². The van der Waals surface area contributed by atoms with E-state index < -0.39 is 14.6 Å². The van der Waals surface area contributed by atoms with Crippen molar-refractivity contribution in [1.82, 2.24) is 4.90 Å². The van der Waals surface area contributed by atoms with Crippen LogP contribution in [0.4, 0.5) is 0 Å². The van der Waals surface area contributed by atoms with E-state index in [0.29, 0.717) is 38.6 Å². The van der Waals surface area contributed by atoms with Crippen molar-refractivity contribution in [1.29, 1.82) is 0 Å². The Kier molecular flexibility index (Phi) is 4.52. The maximum absolute atomic E-state index is 12.5. The molecular formula is C16H22ClNO3S. The van der Waals surface area contributed by atoms with Crippen LogP contribution in [0, 0.1) is 5.92 Å². The molecule has 0 unspecified atom stereocenters. The summed E-state index contributed by atoms with van der Waals surface area (Å²) in [5, 5.41) is 0.739. The molecule has 6 heteroatoms. The van der Waals surface area contributed by atoms with Gasteiger partial charge in [0.1, 0.15) is 4.75 Å². The van der Waals surface area contributed by atoms with Crippen molar-refractivity contribution in [3.63, 3.8) is 0 Å². The molecule has 2 heterocycles. The van der Waals surface area contributed by atoms with Crippen LogP contribution in [0.25, 0.3) is 0 Å². The van der Waals surface area contributed by atoms with Gasteiger partial charge in [-0.1, -0.05) is 29.8 Å². The normalized spacial score (nSPS) is 26.2. The maximum atomic E-state index is 12.5. The molecule has 1 spiro atoms. The van der Waals surface area contributed by atoms with Gasteiger partial charge < -0.3 is 4.74 Å². The lowest BCUT2D eigenvalue weighted by Gasteiger charge is -2.50. The molecule has 2 aliphatic heterocycles. The van der Waals surface area contributed by atoms with Crippen LogP contribution in [0.1, 0.15) is 18.9 Å². The summed E-state index contributed by atoms with van der Waals surface area (Å²) in [6, 6.07) is 7.73. The molecule has 122 valence electrons. The largest absolute Gasteiger partial charge is 0.381 e. The molecule has 0 amide bonds. The van der Waals surface area contributed by atoms with Gasteiger partial charge in [-0.15, -0.1) is 0 Å². The first kappa shape index (κ1) is 16.2. The molecule has 22 heavy (non-hydrogen) atoms. The molecule has 1 atom stereocenters. The van der Waals surface area contributed by atoms with E-state index in [4.69, 9.17) is 16.3 Å². The molecule has 2 fully saturated rings. The number of halogens is 1. The van der Waals surface area contributed by atoms with Crippen molar-refractivity contribution in [3.8, 4) is 0 Å². The van der Waals surface area contributed by atoms with Crippen molar-refractivity contribution in [2.24, 2.45) is 5.92 Å². The fourth-order valence-corrected chi connectivity index (χ4v) is 6.31. The van der Waals surface area contributed by atoms with Gasteiger partial charge in [-0.2, -0.15) is 0 Å². The molecule has 0 bridgehead atoms. The Bertz CT molecular complexity index is 641. The summed E-state index contributed by atoms with van der Waals surface area (Å²) >= 11 is 6.19. The van der Waals surface area contributed by atoms with Crippen LogP contribution in [0.15, 0.2) is 24.3 Å². The van der Waals surface area contributed by atoms with Gasteiger partial charge in [0, 0.05) is 37.2 Å². The summed E-state index contributed by atoms with van der Waals surface area (Å²) in [6.07, 6.45) is 0.724. The van der Waals surface area contributed by atoms with E-state index in [0.717, 1.165) is 17.0 Å². The second kappa shape index (κ2) is 6.11. The molecule has 4 nitrogen and oxygen atoms in total. The lowest BCUT2D eigenvalue weighted by Crippen LogP contribution is -2.67. The molecule has 3 rings (SSSR count). The zero-order chi connectivity index (χ0) is 15.8. The maximum Gasteiger partial charge on any atom is 0.158 e. The predicted molar refractivity (Wildman–Crippen MR) is 87.8 cm³/mol. The van der Waals surface area contributed by atoms with Crippen LogP contribution in [0.5, 0.6) is 0 Å². The zero-order valence-corrected chi connectivity index (χ0v) is 14.4. The Labute approximate surface area is 137 Å². The highest BCUT2D eigenvalue weighted by Gasteiger charge is 2.61. The molecule has 0 aliphatic carbocycles. The lowest BCUT2D eigenvalue weighted by atomic mass is 9.83. The molecule has 0 saturated carbocycles. The number of benzene rings is 1. The van der Waals surface area contributed by atoms with Crippen molar-refractivity contribution < 1.29 is 13.2 Å². The summed E-state index contributed by atoms with van der Waals surface area (Å²) < 4.78 is 29.9. The topological polar surface area (TPSA) is 46.6 Å². The Hall–Kier alpha value is -0.620. The summed E-state index contributed by atoms with van der Waals surface area (Å²) in [6.45, 7) is 5.03. The monoisotopic (exact) mass is 343 g/mol. The van der Waals surface area contributed by atoms with Gasteiger partial charge in [0.05, 0.1) is 12.4 Å². The number of rotatable bonds is 5. The number of sulfone groups is 1. The van der Waals surface area contributed by atoms with Gasteiger partial charge in [0.2, 0.25) is 0 Å². The van der Waals surface area contributed by atoms with E-state index in [1.807, 2.05) is 31.2 Å². The second-order valence-corrected chi connectivity index (χ2v) is 9.12. The van der Waals surface area contributed by atoms with Gasteiger partial charge in [-0.05, 0) is 25.0 Å². The third kappa shape index (κ3) is 2.68. The first-order valence-corrected chi connectivity index (χ1v) is 9.77. The van der Waals surface area contributed by atoms with Crippen molar-refractivity contribution in [2.45, 2.75) is 24.6 Å². The van der Waals surface area contributed by atoms with Gasteiger partial charge in [-0.3, -0.25) is 4.90 Å². The fraction of sp³-hybridized carbons (Fsp3) is 0.625. The number of hydrogen-bond acceptors (Lipinski definition) is 4. The minimum atomic E-state index is -3.02. The van der Waals surface area contributed by atoms with Crippen LogP contribution < -0.4 is 0 Å². The Morgan fingerprint density at radius 2 is 2.09 bits per heavy atom. The third-order valence-electron chi connectivity index (χ3n) is 4.96. The Morgan fingerprint density at radius 3 is 2.77 bits per heavy atom. The van der Waals surface area contributed by atoms with Crippen LogP contribution in [-0.4, -0.2) is 50.1 Å². The summed E-state index contributed by atoms with van der Waals surface area (Å²) in [5.41, 5.74) is 1.05. The number of nitrogens with zero attached hydrogens (tertiary/aromatic N) is 1. The van der Waals surface area contributed by atoms with Crippen LogP contribution in [-0.2, 0) is 21.1 Å². The molecule has 2 saturated heterocycles. The molecule has 0 aromatic heterocycles. The lowest BCUT2D eigenvalue weighted by molar-refractivity contribution is 0.0292. The first-order chi connectivity index (χ1) is 10.5. The predicted octanol–water partition coefficient (Wildman–Crippen LogP) is 2.37. The van der Waals surface area contributed by atoms with E-state index in [1.54, 1.807) is 0 Å². The van der Waals surface area contributed by atoms with E-state index in [9.17, 15) is 8.42 Å². The van der Waals surface area contributed by atoms with Gasteiger partial charge in [-0.25, -0.2) is 8.42 Å². The third-order valence-corrected chi connectivity index (χ3v) is 7.93.